The first kappa shape index (κ1) is 14.0. The summed E-state index contributed by atoms with van der Waals surface area (Å²) in [6.07, 6.45) is 5.17. The lowest BCUT2D eigenvalue weighted by Gasteiger charge is -2.41. The lowest BCUT2D eigenvalue weighted by molar-refractivity contribution is -0.152. The molecule has 0 heterocycles. The Kier molecular flexibility index (Phi) is 3.15. The minimum atomic E-state index is -0.847. The fourth-order valence-electron chi connectivity index (χ4n) is 4.33. The van der Waals surface area contributed by atoms with Gasteiger partial charge in [0.25, 0.3) is 0 Å². The molecule has 4 aliphatic carbocycles. The molecule has 2 saturated carbocycles. The van der Waals surface area contributed by atoms with Crippen LogP contribution in [0.4, 0.5) is 5.69 Å². The van der Waals surface area contributed by atoms with Crippen LogP contribution < -0.4 is 5.32 Å². The predicted octanol–water partition coefficient (Wildman–Crippen LogP) is 3.16. The molecule has 1 aromatic carbocycles. The van der Waals surface area contributed by atoms with Gasteiger partial charge in [-0.3, -0.25) is 9.59 Å². The number of fused-ring (bicyclic) bond motifs is 1. The molecule has 5 heteroatoms. The molecule has 2 fully saturated rings. The molecule has 0 aliphatic heterocycles. The number of hydrogen-bond acceptors (Lipinski definition) is 2. The molecule has 4 nitrogen and oxygen atoms in total. The van der Waals surface area contributed by atoms with E-state index >= 15 is 0 Å². The zero-order valence-corrected chi connectivity index (χ0v) is 13.4. The molecule has 0 unspecified atom stereocenters. The van der Waals surface area contributed by atoms with Gasteiger partial charge in [-0.15, -0.1) is 0 Å². The maximum atomic E-state index is 12.7. The normalized spacial score (nSPS) is 37.5. The maximum Gasteiger partial charge on any atom is 0.307 e. The number of carbonyl (C=O) groups excluding carboxylic acids is 1. The molecule has 0 aromatic heterocycles. The van der Waals surface area contributed by atoms with Crippen molar-refractivity contribution in [3.8, 4) is 0 Å². The Labute approximate surface area is 136 Å². The van der Waals surface area contributed by atoms with Crippen LogP contribution in [0.15, 0.2) is 40.9 Å². The third-order valence-electron chi connectivity index (χ3n) is 5.35. The Morgan fingerprint density at radius 1 is 1.05 bits per heavy atom. The van der Waals surface area contributed by atoms with Crippen LogP contribution in [0, 0.1) is 35.5 Å². The van der Waals surface area contributed by atoms with Crippen LogP contribution >= 0.6 is 15.9 Å². The highest BCUT2D eigenvalue weighted by Crippen LogP contribution is 2.63. The number of anilines is 1. The molecule has 2 bridgehead atoms. The van der Waals surface area contributed by atoms with Gasteiger partial charge < -0.3 is 10.4 Å². The van der Waals surface area contributed by atoms with E-state index in [0.29, 0.717) is 17.5 Å². The minimum absolute atomic E-state index is 0.0215. The van der Waals surface area contributed by atoms with Crippen molar-refractivity contribution in [3.63, 3.8) is 0 Å². The van der Waals surface area contributed by atoms with E-state index in [1.807, 2.05) is 30.3 Å². The zero-order chi connectivity index (χ0) is 15.4. The monoisotopic (exact) mass is 361 g/mol. The van der Waals surface area contributed by atoms with Crippen molar-refractivity contribution in [1.29, 1.82) is 0 Å². The molecule has 5 rings (SSSR count). The summed E-state index contributed by atoms with van der Waals surface area (Å²) in [7, 11) is 0. The quantitative estimate of drug-likeness (QED) is 0.812. The van der Waals surface area contributed by atoms with Gasteiger partial charge in [-0.2, -0.15) is 0 Å². The van der Waals surface area contributed by atoms with Crippen molar-refractivity contribution >= 4 is 33.5 Å². The summed E-state index contributed by atoms with van der Waals surface area (Å²) >= 11 is 3.36. The number of carboxylic acids is 1. The number of rotatable bonds is 3. The highest BCUT2D eigenvalue weighted by molar-refractivity contribution is 9.10. The summed E-state index contributed by atoms with van der Waals surface area (Å²) in [6.45, 7) is 0. The van der Waals surface area contributed by atoms with E-state index in [9.17, 15) is 14.7 Å². The topological polar surface area (TPSA) is 66.4 Å². The second-order valence-corrected chi connectivity index (χ2v) is 7.40. The molecule has 0 radical (unpaired) electrons. The zero-order valence-electron chi connectivity index (χ0n) is 11.8. The minimum Gasteiger partial charge on any atom is -0.481 e. The van der Waals surface area contributed by atoms with Crippen LogP contribution in [0.3, 0.4) is 0 Å². The molecule has 4 aliphatic rings. The lowest BCUT2D eigenvalue weighted by Crippen LogP contribution is -2.48. The van der Waals surface area contributed by atoms with Gasteiger partial charge in [-0.05, 0) is 54.4 Å². The number of aliphatic carboxylic acids is 1. The maximum absolute atomic E-state index is 12.7. The van der Waals surface area contributed by atoms with Crippen molar-refractivity contribution in [2.24, 2.45) is 35.5 Å². The molecule has 114 valence electrons. The van der Waals surface area contributed by atoms with Crippen molar-refractivity contribution in [2.75, 3.05) is 5.32 Å². The number of benzene rings is 1. The number of carbonyl (C=O) groups is 2. The summed E-state index contributed by atoms with van der Waals surface area (Å²) < 4.78 is 0.939. The largest absolute Gasteiger partial charge is 0.481 e. The van der Waals surface area contributed by atoms with Gasteiger partial charge in [0.05, 0.1) is 11.8 Å². The number of hydrogen-bond donors (Lipinski definition) is 2. The van der Waals surface area contributed by atoms with E-state index < -0.39 is 17.8 Å². The summed E-state index contributed by atoms with van der Waals surface area (Å²) in [5.74, 6) is -0.979. The Balaban J connectivity index is 1.60. The first-order valence-corrected chi connectivity index (χ1v) is 8.33. The smallest absolute Gasteiger partial charge is 0.307 e. The van der Waals surface area contributed by atoms with Gasteiger partial charge in [-0.1, -0.05) is 28.1 Å². The number of carboxylic acid groups (broad SMARTS) is 1. The van der Waals surface area contributed by atoms with Crippen molar-refractivity contribution in [1.82, 2.24) is 0 Å². The van der Waals surface area contributed by atoms with Crippen molar-refractivity contribution < 1.29 is 14.7 Å². The van der Waals surface area contributed by atoms with Crippen LogP contribution in [0.25, 0.3) is 0 Å². The van der Waals surface area contributed by atoms with Gasteiger partial charge in [0.1, 0.15) is 0 Å². The van der Waals surface area contributed by atoms with Crippen LogP contribution in [0.1, 0.15) is 6.42 Å². The second-order valence-electron chi connectivity index (χ2n) is 6.49. The van der Waals surface area contributed by atoms with E-state index in [2.05, 4.69) is 27.3 Å². The van der Waals surface area contributed by atoms with Crippen molar-refractivity contribution in [3.05, 3.63) is 40.9 Å². The van der Waals surface area contributed by atoms with Gasteiger partial charge in [-0.25, -0.2) is 0 Å². The summed E-state index contributed by atoms with van der Waals surface area (Å²) in [4.78, 5) is 24.4. The van der Waals surface area contributed by atoms with Crippen LogP contribution in [-0.2, 0) is 9.59 Å². The molecule has 1 amide bonds. The van der Waals surface area contributed by atoms with E-state index in [-0.39, 0.29) is 17.7 Å². The molecule has 1 aromatic rings. The van der Waals surface area contributed by atoms with Crippen LogP contribution in [0.2, 0.25) is 0 Å². The average molecular weight is 362 g/mol. The third kappa shape index (κ3) is 2.10. The fraction of sp³-hybridized carbons (Fsp3) is 0.412. The molecular formula is C17H16BrNO3. The third-order valence-corrected chi connectivity index (χ3v) is 5.88. The average Bonchev–Trinajstić information content (AvgIpc) is 3.30. The van der Waals surface area contributed by atoms with Gasteiger partial charge >= 0.3 is 5.97 Å². The Morgan fingerprint density at radius 2 is 1.64 bits per heavy atom. The number of halogens is 1. The first-order chi connectivity index (χ1) is 10.6. The Bertz CT molecular complexity index is 669. The number of amides is 1. The standard InChI is InChI=1S/C17H16BrNO3/c18-8-1-3-9(4-2-8)19-16(20)14-10-5-6-11(13-7-12(10)13)15(14)17(21)22/h1-6,10-15H,7H2,(H,19,20)(H,21,22)/t10-,11+,12+,13+,14-,15-/m0/s1. The Morgan fingerprint density at radius 3 is 2.23 bits per heavy atom. The van der Waals surface area contributed by atoms with Crippen molar-refractivity contribution in [2.45, 2.75) is 6.42 Å². The molecule has 2 N–H and O–H groups in total. The number of allylic oxidation sites excluding steroid dienone is 2. The fourth-order valence-corrected chi connectivity index (χ4v) is 4.59. The van der Waals surface area contributed by atoms with Gasteiger partial charge in [0.15, 0.2) is 0 Å². The summed E-state index contributed by atoms with van der Waals surface area (Å²) in [5.41, 5.74) is 0.704. The molecule has 0 saturated heterocycles. The summed E-state index contributed by atoms with van der Waals surface area (Å²) in [5, 5.41) is 12.5. The molecule has 6 atom stereocenters. The van der Waals surface area contributed by atoms with Gasteiger partial charge in [0, 0.05) is 10.2 Å². The molecular weight excluding hydrogens is 346 g/mol. The van der Waals surface area contributed by atoms with Gasteiger partial charge in [0.2, 0.25) is 5.91 Å². The predicted molar refractivity (Wildman–Crippen MR) is 85.1 cm³/mol. The van der Waals surface area contributed by atoms with E-state index in [4.69, 9.17) is 0 Å². The first-order valence-electron chi connectivity index (χ1n) is 7.54. The lowest BCUT2D eigenvalue weighted by atomic mass is 9.62. The van der Waals surface area contributed by atoms with E-state index in [1.54, 1.807) is 0 Å². The molecule has 0 spiro atoms. The van der Waals surface area contributed by atoms with E-state index in [1.165, 1.54) is 0 Å². The van der Waals surface area contributed by atoms with Crippen LogP contribution in [-0.4, -0.2) is 17.0 Å². The summed E-state index contributed by atoms with van der Waals surface area (Å²) in [6, 6.07) is 7.34. The highest BCUT2D eigenvalue weighted by atomic mass is 79.9. The van der Waals surface area contributed by atoms with Crippen LogP contribution in [0.5, 0.6) is 0 Å². The van der Waals surface area contributed by atoms with E-state index in [0.717, 1.165) is 10.9 Å². The Hall–Kier alpha value is -1.62. The SMILES string of the molecule is O=C(O)[C@H]1[C@@H]2C=C[C@@H]([C@H]3C[C@H]23)[C@@H]1C(=O)Nc1ccc(Br)cc1. The second kappa shape index (κ2) is 4.95. The molecule has 22 heavy (non-hydrogen) atoms. The number of nitrogens with one attached hydrogen (secondary N) is 1. The highest BCUT2D eigenvalue weighted by Gasteiger charge is 2.62.